The van der Waals surface area contributed by atoms with E-state index in [4.69, 9.17) is 0 Å². The molecule has 0 aliphatic heterocycles. The summed E-state index contributed by atoms with van der Waals surface area (Å²) in [6, 6.07) is 5.66. The fourth-order valence-electron chi connectivity index (χ4n) is 1.76. The second-order valence-electron chi connectivity index (χ2n) is 4.39. The average molecular weight is 275 g/mol. The van der Waals surface area contributed by atoms with E-state index in [0.29, 0.717) is 10.7 Å². The number of benzene rings is 1. The van der Waals surface area contributed by atoms with Crippen LogP contribution in [0.2, 0.25) is 0 Å². The molecule has 1 aromatic carbocycles. The highest BCUT2D eigenvalue weighted by Gasteiger charge is 2.12. The smallest absolute Gasteiger partial charge is 0.257 e. The quantitative estimate of drug-likeness (QED) is 0.903. The molecule has 19 heavy (non-hydrogen) atoms. The van der Waals surface area contributed by atoms with Crippen molar-refractivity contribution in [3.63, 3.8) is 0 Å². The van der Waals surface area contributed by atoms with Crippen LogP contribution in [-0.4, -0.2) is 17.9 Å². The molecule has 0 fully saturated rings. The molecular weight excluding hydrogens is 258 g/mol. The van der Waals surface area contributed by atoms with Gasteiger partial charge in [0.1, 0.15) is 0 Å². The van der Waals surface area contributed by atoms with Gasteiger partial charge < -0.3 is 5.32 Å². The number of anilines is 2. The summed E-state index contributed by atoms with van der Waals surface area (Å²) in [5.41, 5.74) is 3.57. The standard InChI is InChI=1S/C14H17N3OS/c1-8-7-11(15-4)5-6-12(8)13(18)17-14-16-9(2)10(3)19-14/h5-7,15H,1-4H3,(H,16,17,18). The maximum absolute atomic E-state index is 12.2. The zero-order chi connectivity index (χ0) is 14.0. The predicted octanol–water partition coefficient (Wildman–Crippen LogP) is 3.36. The van der Waals surface area contributed by atoms with Crippen molar-refractivity contribution < 1.29 is 4.79 Å². The first-order chi connectivity index (χ1) is 9.01. The highest BCUT2D eigenvalue weighted by atomic mass is 32.1. The molecule has 0 radical (unpaired) electrons. The first-order valence-corrected chi connectivity index (χ1v) is 6.86. The van der Waals surface area contributed by atoms with Crippen molar-refractivity contribution in [2.75, 3.05) is 17.7 Å². The minimum atomic E-state index is -0.117. The van der Waals surface area contributed by atoms with E-state index in [-0.39, 0.29) is 5.91 Å². The van der Waals surface area contributed by atoms with Crippen LogP contribution in [0.15, 0.2) is 18.2 Å². The molecule has 0 saturated carbocycles. The molecule has 0 aliphatic rings. The van der Waals surface area contributed by atoms with Gasteiger partial charge in [-0.25, -0.2) is 4.98 Å². The summed E-state index contributed by atoms with van der Waals surface area (Å²) >= 11 is 1.50. The SMILES string of the molecule is CNc1ccc(C(=O)Nc2nc(C)c(C)s2)c(C)c1. The lowest BCUT2D eigenvalue weighted by Crippen LogP contribution is -2.13. The Morgan fingerprint density at radius 1 is 1.26 bits per heavy atom. The maximum Gasteiger partial charge on any atom is 0.257 e. The van der Waals surface area contributed by atoms with E-state index in [1.165, 1.54) is 11.3 Å². The molecule has 2 N–H and O–H groups in total. The lowest BCUT2D eigenvalue weighted by atomic mass is 10.1. The number of aromatic nitrogens is 1. The summed E-state index contributed by atoms with van der Waals surface area (Å²) in [5.74, 6) is -0.117. The molecular formula is C14H17N3OS. The summed E-state index contributed by atoms with van der Waals surface area (Å²) in [6.45, 7) is 5.86. The zero-order valence-electron chi connectivity index (χ0n) is 11.5. The van der Waals surface area contributed by atoms with Gasteiger partial charge in [-0.05, 0) is 44.5 Å². The van der Waals surface area contributed by atoms with Crippen LogP contribution in [0.4, 0.5) is 10.8 Å². The number of nitrogens with zero attached hydrogens (tertiary/aromatic N) is 1. The number of nitrogens with one attached hydrogen (secondary N) is 2. The average Bonchev–Trinajstić information content (AvgIpc) is 2.67. The van der Waals surface area contributed by atoms with Gasteiger partial charge >= 0.3 is 0 Å². The predicted molar refractivity (Wildman–Crippen MR) is 80.3 cm³/mol. The van der Waals surface area contributed by atoms with Crippen LogP contribution in [0, 0.1) is 20.8 Å². The minimum Gasteiger partial charge on any atom is -0.388 e. The van der Waals surface area contributed by atoms with Gasteiger partial charge in [-0.2, -0.15) is 0 Å². The third-order valence-corrected chi connectivity index (χ3v) is 4.00. The third kappa shape index (κ3) is 2.93. The van der Waals surface area contributed by atoms with Gasteiger partial charge in [0.2, 0.25) is 0 Å². The second-order valence-corrected chi connectivity index (χ2v) is 5.60. The van der Waals surface area contributed by atoms with Crippen molar-refractivity contribution >= 4 is 28.1 Å². The Kier molecular flexibility index (Phi) is 3.85. The lowest BCUT2D eigenvalue weighted by Gasteiger charge is -2.07. The van der Waals surface area contributed by atoms with Crippen LogP contribution in [-0.2, 0) is 0 Å². The topological polar surface area (TPSA) is 54.0 Å². The van der Waals surface area contributed by atoms with Gasteiger partial charge in [-0.3, -0.25) is 10.1 Å². The van der Waals surface area contributed by atoms with Crippen LogP contribution < -0.4 is 10.6 Å². The Hall–Kier alpha value is -1.88. The van der Waals surface area contributed by atoms with Crippen molar-refractivity contribution in [1.82, 2.24) is 4.98 Å². The second kappa shape index (κ2) is 5.40. The van der Waals surface area contributed by atoms with E-state index in [9.17, 15) is 4.79 Å². The van der Waals surface area contributed by atoms with E-state index in [1.807, 2.05) is 46.0 Å². The van der Waals surface area contributed by atoms with Gasteiger partial charge in [0.05, 0.1) is 5.69 Å². The molecule has 2 rings (SSSR count). The number of carbonyl (C=O) groups excluding carboxylic acids is 1. The summed E-state index contributed by atoms with van der Waals surface area (Å²) in [4.78, 5) is 17.6. The summed E-state index contributed by atoms with van der Waals surface area (Å²) < 4.78 is 0. The first kappa shape index (κ1) is 13.5. The van der Waals surface area contributed by atoms with E-state index in [2.05, 4.69) is 15.6 Å². The van der Waals surface area contributed by atoms with Crippen LogP contribution in [0.1, 0.15) is 26.5 Å². The van der Waals surface area contributed by atoms with Gasteiger partial charge in [0, 0.05) is 23.2 Å². The first-order valence-electron chi connectivity index (χ1n) is 6.05. The zero-order valence-corrected chi connectivity index (χ0v) is 12.3. The highest BCUT2D eigenvalue weighted by molar-refractivity contribution is 7.15. The maximum atomic E-state index is 12.2. The fourth-order valence-corrected chi connectivity index (χ4v) is 2.57. The third-order valence-electron chi connectivity index (χ3n) is 3.01. The molecule has 0 saturated heterocycles. The fraction of sp³-hybridized carbons (Fsp3) is 0.286. The Morgan fingerprint density at radius 2 is 2.00 bits per heavy atom. The number of hydrogen-bond acceptors (Lipinski definition) is 4. The molecule has 1 amide bonds. The van der Waals surface area contributed by atoms with E-state index in [1.54, 1.807) is 0 Å². The molecule has 0 bridgehead atoms. The Labute approximate surface area is 116 Å². The van der Waals surface area contributed by atoms with E-state index < -0.39 is 0 Å². The summed E-state index contributed by atoms with van der Waals surface area (Å²) in [6.07, 6.45) is 0. The van der Waals surface area contributed by atoms with E-state index in [0.717, 1.165) is 21.8 Å². The monoisotopic (exact) mass is 275 g/mol. The number of hydrogen-bond donors (Lipinski definition) is 2. The largest absolute Gasteiger partial charge is 0.388 e. The summed E-state index contributed by atoms with van der Waals surface area (Å²) in [5, 5.41) is 6.55. The molecule has 4 nitrogen and oxygen atoms in total. The van der Waals surface area contributed by atoms with Crippen LogP contribution in [0.3, 0.4) is 0 Å². The number of amides is 1. The van der Waals surface area contributed by atoms with Gasteiger partial charge in [-0.15, -0.1) is 11.3 Å². The lowest BCUT2D eigenvalue weighted by molar-refractivity contribution is 0.102. The van der Waals surface area contributed by atoms with Crippen molar-refractivity contribution in [1.29, 1.82) is 0 Å². The van der Waals surface area contributed by atoms with Crippen molar-refractivity contribution in [3.05, 3.63) is 39.9 Å². The van der Waals surface area contributed by atoms with Gasteiger partial charge in [0.15, 0.2) is 5.13 Å². The van der Waals surface area contributed by atoms with E-state index >= 15 is 0 Å². The van der Waals surface area contributed by atoms with Crippen LogP contribution in [0.25, 0.3) is 0 Å². The Balaban J connectivity index is 2.20. The molecule has 2 aromatic rings. The molecule has 5 heteroatoms. The minimum absolute atomic E-state index is 0.117. The molecule has 0 unspecified atom stereocenters. The number of carbonyl (C=O) groups is 1. The normalized spacial score (nSPS) is 10.3. The highest BCUT2D eigenvalue weighted by Crippen LogP contribution is 2.22. The Morgan fingerprint density at radius 3 is 2.53 bits per heavy atom. The van der Waals surface area contributed by atoms with Crippen LogP contribution >= 0.6 is 11.3 Å². The molecule has 100 valence electrons. The number of thiazole rings is 1. The molecule has 1 aromatic heterocycles. The van der Waals surface area contributed by atoms with Crippen molar-refractivity contribution in [3.8, 4) is 0 Å². The molecule has 0 spiro atoms. The molecule has 0 atom stereocenters. The van der Waals surface area contributed by atoms with Crippen LogP contribution in [0.5, 0.6) is 0 Å². The molecule has 1 heterocycles. The van der Waals surface area contributed by atoms with Gasteiger partial charge in [-0.1, -0.05) is 0 Å². The number of rotatable bonds is 3. The molecule has 0 aliphatic carbocycles. The summed E-state index contributed by atoms with van der Waals surface area (Å²) in [7, 11) is 1.86. The van der Waals surface area contributed by atoms with Gasteiger partial charge in [0.25, 0.3) is 5.91 Å². The Bertz CT molecular complexity index is 600. The number of aryl methyl sites for hydroxylation is 3. The van der Waals surface area contributed by atoms with Crippen molar-refractivity contribution in [2.45, 2.75) is 20.8 Å². The van der Waals surface area contributed by atoms with Crippen molar-refractivity contribution in [2.24, 2.45) is 0 Å².